The molecule has 0 aliphatic rings. The lowest BCUT2D eigenvalue weighted by Crippen LogP contribution is -2.13. The summed E-state index contributed by atoms with van der Waals surface area (Å²) in [4.78, 5) is 0. The first-order valence-electron chi connectivity index (χ1n) is 50.6. The summed E-state index contributed by atoms with van der Waals surface area (Å²) in [5.41, 5.74) is 30.2. The molecule has 0 heterocycles. The molecule has 0 radical (unpaired) electrons. The third-order valence-electron chi connectivity index (χ3n) is 26.0. The Labute approximate surface area is 839 Å². The summed E-state index contributed by atoms with van der Waals surface area (Å²) in [5, 5.41) is 19.1. The van der Waals surface area contributed by atoms with Gasteiger partial charge in [-0.2, -0.15) is 0 Å². The number of hydrogen-bond acceptors (Lipinski definition) is 0. The van der Waals surface area contributed by atoms with Crippen LogP contribution in [0.1, 0.15) is 319 Å². The van der Waals surface area contributed by atoms with Crippen molar-refractivity contribution < 1.29 is 0 Å². The van der Waals surface area contributed by atoms with Gasteiger partial charge in [-0.15, -0.1) is 0 Å². The predicted molar refractivity (Wildman–Crippen MR) is 621 cm³/mol. The average molecular weight is 1830 g/mol. The van der Waals surface area contributed by atoms with Crippen molar-refractivity contribution in [2.45, 2.75) is 331 Å². The van der Waals surface area contributed by atoms with E-state index in [-0.39, 0.29) is 54.1 Å². The van der Waals surface area contributed by atoms with Crippen molar-refractivity contribution in [2.75, 3.05) is 0 Å². The van der Waals surface area contributed by atoms with Crippen LogP contribution in [0.5, 0.6) is 0 Å². The summed E-state index contributed by atoms with van der Waals surface area (Å²) in [6, 6.07) is 118. The molecule has 138 heavy (non-hydrogen) atoms. The molecular formula is C138H174. The monoisotopic (exact) mass is 1830 g/mol. The van der Waals surface area contributed by atoms with Crippen molar-refractivity contribution in [1.82, 2.24) is 0 Å². The summed E-state index contributed by atoms with van der Waals surface area (Å²) in [7, 11) is 0. The smallest absolute Gasteiger partial charge is 0.0123 e. The molecule has 0 saturated carbocycles. The molecule has 17 rings (SSSR count). The van der Waals surface area contributed by atoms with E-state index < -0.39 is 0 Å². The maximum Gasteiger partial charge on any atom is -0.0123 e. The highest BCUT2D eigenvalue weighted by Crippen LogP contribution is 2.39. The summed E-state index contributed by atoms with van der Waals surface area (Å²) in [6.45, 7) is 89.3. The second-order valence-corrected chi connectivity index (χ2v) is 49.1. The number of rotatable bonds is 0. The minimum absolute atomic E-state index is 0.213. The third kappa shape index (κ3) is 32.3. The van der Waals surface area contributed by atoms with Crippen molar-refractivity contribution in [3.63, 3.8) is 0 Å². The lowest BCUT2D eigenvalue weighted by atomic mass is 9.81. The van der Waals surface area contributed by atoms with E-state index in [0.717, 1.165) is 0 Å². The lowest BCUT2D eigenvalue weighted by Gasteiger charge is -2.24. The Morgan fingerprint density at radius 3 is 0.949 bits per heavy atom. The summed E-state index contributed by atoms with van der Waals surface area (Å²) >= 11 is 0. The van der Waals surface area contributed by atoms with Crippen molar-refractivity contribution in [2.24, 2.45) is 0 Å². The van der Waals surface area contributed by atoms with Crippen LogP contribution in [0.15, 0.2) is 328 Å². The minimum Gasteiger partial charge on any atom is -0.0620 e. The molecule has 0 bridgehead atoms. The fraction of sp³-hybridized carbons (Fsp3) is 0.362. The van der Waals surface area contributed by atoms with Crippen LogP contribution >= 0.6 is 0 Å². The first-order chi connectivity index (χ1) is 63.9. The van der Waals surface area contributed by atoms with Gasteiger partial charge in [-0.1, -0.05) is 563 Å². The second kappa shape index (κ2) is 46.6. The predicted octanol–water partition coefficient (Wildman–Crippen LogP) is 41.0. The molecule has 0 atom stereocenters. The molecule has 17 aromatic carbocycles. The molecule has 0 saturated heterocycles. The zero-order chi connectivity index (χ0) is 103. The Bertz CT molecular complexity index is 6740. The highest BCUT2D eigenvalue weighted by Gasteiger charge is 2.24. The van der Waals surface area contributed by atoms with Gasteiger partial charge in [0, 0.05) is 0 Å². The zero-order valence-electron chi connectivity index (χ0n) is 93.2. The first kappa shape index (κ1) is 112. The van der Waals surface area contributed by atoms with Gasteiger partial charge in [0.05, 0.1) is 0 Å². The van der Waals surface area contributed by atoms with Gasteiger partial charge in [-0.05, 0) is 282 Å². The van der Waals surface area contributed by atoms with E-state index in [0.29, 0.717) is 0 Å². The van der Waals surface area contributed by atoms with Crippen molar-refractivity contribution >= 4 is 75.4 Å². The van der Waals surface area contributed by atoms with E-state index in [1.165, 1.54) is 187 Å². The molecule has 0 aliphatic carbocycles. The SMILES string of the molecule is Cc1cc(C(C)(C)C)cc2ccccc12.Cc1ccc(C(C)(C)C)c2ccccc12.Cc1ccc(C(C)(C)C)cc1.Cc1ccc2c(C(C)(C)C)cccc2c1.Cc1ccc2cc(C(C)(C)C)ccc2c1.Cc1ccc2cccc(C(C)(C)C)c2c1.Cc1ccc2ccccc2c1C(C)(C)C.Cc1cccc(C(C)(C)C)c1.Cc1cccc2c(C(C)(C)C)cccc12.Cc1ccccc1C(C)(C)C. The van der Waals surface area contributed by atoms with Gasteiger partial charge in [0.15, 0.2) is 0 Å². The molecule has 17 aromatic rings. The number of aryl methyl sites for hydroxylation is 10. The maximum absolute atomic E-state index is 2.31. The molecule has 0 N–H and O–H groups in total. The zero-order valence-corrected chi connectivity index (χ0v) is 93.2. The normalized spacial score (nSPS) is 11.9. The topological polar surface area (TPSA) is 0 Å². The van der Waals surface area contributed by atoms with E-state index in [4.69, 9.17) is 0 Å². The Kier molecular flexibility index (Phi) is 37.7. The fourth-order valence-electron chi connectivity index (χ4n) is 18.0. The van der Waals surface area contributed by atoms with Crippen molar-refractivity contribution in [3.8, 4) is 0 Å². The molecule has 0 aromatic heterocycles. The first-order valence-corrected chi connectivity index (χ1v) is 50.6. The fourth-order valence-corrected chi connectivity index (χ4v) is 18.0. The van der Waals surface area contributed by atoms with E-state index in [9.17, 15) is 0 Å². The van der Waals surface area contributed by atoms with Gasteiger partial charge >= 0.3 is 0 Å². The number of hydrogen-bond donors (Lipinski definition) is 0. The molecule has 0 spiro atoms. The molecule has 726 valence electrons. The number of benzene rings is 17. The molecule has 0 aliphatic heterocycles. The largest absolute Gasteiger partial charge is 0.0620 e. The number of fused-ring (bicyclic) bond motifs is 7. The van der Waals surface area contributed by atoms with Gasteiger partial charge in [0.1, 0.15) is 0 Å². The Hall–Kier alpha value is -11.4. The standard InChI is InChI=1S/7C15H18.3C11H16/c1-11-7-5-9-13-12(11)8-6-10-14(13)15(2,3)4;1-11-5-6-13-10-14(15(2,3)4)8-7-12(13)9-11;1-11-8-9-13-12(10-11)6-5-7-14(13)15(2,3)4;1-11-8-9-12-6-5-7-14(13(12)10-11)15(2,3)4;1-11-9-13(15(2,3)4)10-12-7-5-6-8-14(11)12;1-11-9-10-14(15(2,3)4)13-8-6-5-7-12(11)13;1-11-9-10-12-7-5-6-8-13(12)14(11)15(2,3)4;1-9-5-7-10(8-6-9)11(2,3)4;1-9-6-5-7-10(8-9)11(2,3)4;1-9-7-5-6-8-10(9)11(2,3)4/h7*5-10H,1-4H3;3*5-8H,1-4H3. The highest BCUT2D eigenvalue weighted by atomic mass is 14.3. The van der Waals surface area contributed by atoms with E-state index in [1.807, 2.05) is 0 Å². The van der Waals surface area contributed by atoms with E-state index >= 15 is 0 Å². The maximum atomic E-state index is 2.31. The molecular weight excluding hydrogens is 1660 g/mol. The Balaban J connectivity index is 0.000000189. The van der Waals surface area contributed by atoms with Crippen LogP contribution in [-0.4, -0.2) is 0 Å². The summed E-state index contributed by atoms with van der Waals surface area (Å²) in [5.74, 6) is 0. The van der Waals surface area contributed by atoms with Crippen LogP contribution in [0.2, 0.25) is 0 Å². The van der Waals surface area contributed by atoms with Crippen molar-refractivity contribution in [1.29, 1.82) is 0 Å². The molecule has 0 fully saturated rings. The summed E-state index contributed by atoms with van der Waals surface area (Å²) in [6.07, 6.45) is 0. The molecule has 0 nitrogen and oxygen atoms in total. The molecule has 0 amide bonds. The highest BCUT2D eigenvalue weighted by molar-refractivity contribution is 5.93. The van der Waals surface area contributed by atoms with Gasteiger partial charge in [0.2, 0.25) is 0 Å². The van der Waals surface area contributed by atoms with E-state index in [2.05, 4.69) is 605 Å². The Morgan fingerprint density at radius 1 is 0.123 bits per heavy atom. The van der Waals surface area contributed by atoms with Crippen LogP contribution in [-0.2, 0) is 54.1 Å². The minimum atomic E-state index is 0.213. The summed E-state index contributed by atoms with van der Waals surface area (Å²) < 4.78 is 0. The average Bonchev–Trinajstić information content (AvgIpc) is 0.788. The van der Waals surface area contributed by atoms with Gasteiger partial charge in [-0.25, -0.2) is 0 Å². The van der Waals surface area contributed by atoms with Crippen LogP contribution in [0.4, 0.5) is 0 Å². The van der Waals surface area contributed by atoms with Gasteiger partial charge < -0.3 is 0 Å². The quantitative estimate of drug-likeness (QED) is 0.142. The Morgan fingerprint density at radius 2 is 0.435 bits per heavy atom. The van der Waals surface area contributed by atoms with Crippen molar-refractivity contribution in [3.05, 3.63) is 439 Å². The second-order valence-electron chi connectivity index (χ2n) is 49.1. The van der Waals surface area contributed by atoms with Gasteiger partial charge in [0.25, 0.3) is 0 Å². The van der Waals surface area contributed by atoms with Crippen LogP contribution in [0.3, 0.4) is 0 Å². The molecule has 0 heteroatoms. The van der Waals surface area contributed by atoms with Gasteiger partial charge in [-0.3, -0.25) is 0 Å². The van der Waals surface area contributed by atoms with Crippen LogP contribution in [0.25, 0.3) is 75.4 Å². The molecule has 0 unspecified atom stereocenters. The van der Waals surface area contributed by atoms with Crippen LogP contribution < -0.4 is 0 Å². The van der Waals surface area contributed by atoms with E-state index in [1.54, 1.807) is 0 Å². The lowest BCUT2D eigenvalue weighted by molar-refractivity contribution is 0.586. The van der Waals surface area contributed by atoms with Crippen LogP contribution in [0, 0.1) is 69.2 Å². The third-order valence-corrected chi connectivity index (χ3v) is 26.0.